The van der Waals surface area contributed by atoms with Crippen molar-refractivity contribution in [2.24, 2.45) is 5.73 Å². The lowest BCUT2D eigenvalue weighted by Gasteiger charge is -2.07. The van der Waals surface area contributed by atoms with Crippen LogP contribution in [0.1, 0.15) is 6.42 Å². The highest BCUT2D eigenvalue weighted by Crippen LogP contribution is 2.11. The van der Waals surface area contributed by atoms with Crippen LogP contribution in [0.3, 0.4) is 0 Å². The van der Waals surface area contributed by atoms with E-state index in [0.29, 0.717) is 18.5 Å². The van der Waals surface area contributed by atoms with Gasteiger partial charge in [0, 0.05) is 12.6 Å². The minimum absolute atomic E-state index is 0.154. The third-order valence-corrected chi connectivity index (χ3v) is 1.58. The second kappa shape index (κ2) is 6.20. The Kier molecular flexibility index (Phi) is 5.55. The minimum Gasteiger partial charge on any atom is -0.355 e. The summed E-state index contributed by atoms with van der Waals surface area (Å²) in [6, 6.07) is 0. The zero-order valence-electron chi connectivity index (χ0n) is 7.97. The zero-order valence-corrected chi connectivity index (χ0v) is 7.97. The fraction of sp³-hybridized carbons (Fsp3) is 0.300. The molecule has 0 aliphatic rings. The molecule has 0 radical (unpaired) electrons. The van der Waals surface area contributed by atoms with Crippen LogP contribution in [0, 0.1) is 0 Å². The van der Waals surface area contributed by atoms with E-state index in [-0.39, 0.29) is 5.91 Å². The Morgan fingerprint density at radius 3 is 2.62 bits per heavy atom. The Labute approximate surface area is 79.0 Å². The Morgan fingerprint density at radius 2 is 2.23 bits per heavy atom. The van der Waals surface area contributed by atoms with Gasteiger partial charge in [0.15, 0.2) is 0 Å². The molecule has 0 spiro atoms. The molecule has 0 aliphatic heterocycles. The Bertz CT molecular complexity index is 241. The summed E-state index contributed by atoms with van der Waals surface area (Å²) in [5.74, 6) is -0.154. The summed E-state index contributed by atoms with van der Waals surface area (Å²) in [4.78, 5) is 11.3. The number of nitrogens with one attached hydrogen (secondary N) is 1. The van der Waals surface area contributed by atoms with Gasteiger partial charge < -0.3 is 11.1 Å². The Balaban J connectivity index is 4.61. The van der Waals surface area contributed by atoms with Crippen LogP contribution in [0.2, 0.25) is 0 Å². The van der Waals surface area contributed by atoms with Crippen molar-refractivity contribution in [3.63, 3.8) is 0 Å². The largest absolute Gasteiger partial charge is 0.355 e. The van der Waals surface area contributed by atoms with E-state index in [1.54, 1.807) is 19.2 Å². The Hall–Kier alpha value is -1.35. The molecule has 0 fully saturated rings. The highest BCUT2D eigenvalue weighted by Gasteiger charge is 2.08. The summed E-state index contributed by atoms with van der Waals surface area (Å²) in [5, 5.41) is 2.53. The average molecular weight is 180 g/mol. The van der Waals surface area contributed by atoms with E-state index in [4.69, 9.17) is 5.73 Å². The van der Waals surface area contributed by atoms with Crippen LogP contribution >= 0.6 is 0 Å². The molecule has 3 nitrogen and oxygen atoms in total. The fourth-order valence-electron chi connectivity index (χ4n) is 0.916. The normalized spacial score (nSPS) is 10.8. The maximum atomic E-state index is 11.3. The standard InChI is InChI=1S/C10H16N2O/c1-4-5-9(10(13)12-3)8(2)6-7-11/h4-5H,1-2,6-7,11H2,3H3,(H,12,13)/b9-5+. The van der Waals surface area contributed by atoms with E-state index in [1.807, 2.05) is 0 Å². The van der Waals surface area contributed by atoms with Crippen molar-refractivity contribution in [2.45, 2.75) is 6.42 Å². The number of carbonyl (C=O) groups is 1. The fourth-order valence-corrected chi connectivity index (χ4v) is 0.916. The van der Waals surface area contributed by atoms with Crippen molar-refractivity contribution in [3.05, 3.63) is 36.5 Å². The molecule has 0 aromatic rings. The zero-order chi connectivity index (χ0) is 10.3. The molecule has 0 saturated heterocycles. The van der Waals surface area contributed by atoms with E-state index in [2.05, 4.69) is 18.5 Å². The lowest BCUT2D eigenvalue weighted by Crippen LogP contribution is -2.21. The first-order chi connectivity index (χ1) is 6.17. The van der Waals surface area contributed by atoms with Crippen LogP contribution in [0.4, 0.5) is 0 Å². The van der Waals surface area contributed by atoms with Crippen LogP contribution in [-0.4, -0.2) is 19.5 Å². The van der Waals surface area contributed by atoms with Gasteiger partial charge in [-0.2, -0.15) is 0 Å². The van der Waals surface area contributed by atoms with Gasteiger partial charge in [0.1, 0.15) is 0 Å². The van der Waals surface area contributed by atoms with Crippen LogP contribution in [0.15, 0.2) is 36.5 Å². The lowest BCUT2D eigenvalue weighted by atomic mass is 10.0. The van der Waals surface area contributed by atoms with Crippen LogP contribution in [0.25, 0.3) is 0 Å². The van der Waals surface area contributed by atoms with Crippen molar-refractivity contribution in [1.82, 2.24) is 5.32 Å². The van der Waals surface area contributed by atoms with Crippen LogP contribution in [0.5, 0.6) is 0 Å². The molecule has 0 aromatic carbocycles. The van der Waals surface area contributed by atoms with Gasteiger partial charge >= 0.3 is 0 Å². The maximum absolute atomic E-state index is 11.3. The van der Waals surface area contributed by atoms with Crippen molar-refractivity contribution in [3.8, 4) is 0 Å². The summed E-state index contributed by atoms with van der Waals surface area (Å²) in [6.45, 7) is 7.80. The number of carbonyl (C=O) groups excluding carboxylic acids is 1. The minimum atomic E-state index is -0.154. The van der Waals surface area contributed by atoms with Crippen LogP contribution < -0.4 is 11.1 Å². The summed E-state index contributed by atoms with van der Waals surface area (Å²) in [6.07, 6.45) is 3.82. The van der Waals surface area contributed by atoms with Gasteiger partial charge in [0.05, 0.1) is 0 Å². The third-order valence-electron chi connectivity index (χ3n) is 1.58. The number of amides is 1. The summed E-state index contributed by atoms with van der Waals surface area (Å²) in [7, 11) is 1.58. The molecule has 0 heterocycles. The van der Waals surface area contributed by atoms with Gasteiger partial charge in [-0.15, -0.1) is 0 Å². The predicted octanol–water partition coefficient (Wildman–Crippen LogP) is 0.750. The number of hydrogen-bond acceptors (Lipinski definition) is 2. The first-order valence-corrected chi connectivity index (χ1v) is 4.10. The highest BCUT2D eigenvalue weighted by molar-refractivity contribution is 5.97. The summed E-state index contributed by atoms with van der Waals surface area (Å²) < 4.78 is 0. The van der Waals surface area contributed by atoms with E-state index in [0.717, 1.165) is 5.57 Å². The van der Waals surface area contributed by atoms with Crippen molar-refractivity contribution >= 4 is 5.91 Å². The Morgan fingerprint density at radius 1 is 1.62 bits per heavy atom. The predicted molar refractivity (Wildman–Crippen MR) is 55.2 cm³/mol. The molecule has 0 bridgehead atoms. The van der Waals surface area contributed by atoms with Crippen LogP contribution in [-0.2, 0) is 4.79 Å². The second-order valence-electron chi connectivity index (χ2n) is 2.54. The SMILES string of the molecule is C=C/C=C(\C(=C)CCN)C(=O)NC. The molecule has 0 aliphatic carbocycles. The number of rotatable bonds is 5. The molecule has 0 unspecified atom stereocenters. The first kappa shape index (κ1) is 11.6. The van der Waals surface area contributed by atoms with E-state index in [1.165, 1.54) is 0 Å². The molecule has 3 heteroatoms. The second-order valence-corrected chi connectivity index (χ2v) is 2.54. The summed E-state index contributed by atoms with van der Waals surface area (Å²) >= 11 is 0. The topological polar surface area (TPSA) is 55.1 Å². The molecule has 0 rings (SSSR count). The van der Waals surface area contributed by atoms with E-state index in [9.17, 15) is 4.79 Å². The van der Waals surface area contributed by atoms with Crippen molar-refractivity contribution < 1.29 is 4.79 Å². The lowest BCUT2D eigenvalue weighted by molar-refractivity contribution is -0.116. The van der Waals surface area contributed by atoms with Gasteiger partial charge in [-0.05, 0) is 24.6 Å². The first-order valence-electron chi connectivity index (χ1n) is 4.10. The van der Waals surface area contributed by atoms with E-state index >= 15 is 0 Å². The smallest absolute Gasteiger partial charge is 0.251 e. The molecule has 3 N–H and O–H groups in total. The third kappa shape index (κ3) is 3.71. The maximum Gasteiger partial charge on any atom is 0.251 e. The van der Waals surface area contributed by atoms with Gasteiger partial charge in [-0.1, -0.05) is 19.2 Å². The molecular weight excluding hydrogens is 164 g/mol. The summed E-state index contributed by atoms with van der Waals surface area (Å²) in [5.41, 5.74) is 6.64. The van der Waals surface area contributed by atoms with Gasteiger partial charge in [0.25, 0.3) is 5.91 Å². The monoisotopic (exact) mass is 180 g/mol. The van der Waals surface area contributed by atoms with Gasteiger partial charge in [-0.3, -0.25) is 4.79 Å². The molecular formula is C10H16N2O. The average Bonchev–Trinajstić information content (AvgIpc) is 2.13. The molecule has 1 amide bonds. The molecule has 0 atom stereocenters. The molecule has 13 heavy (non-hydrogen) atoms. The van der Waals surface area contributed by atoms with Gasteiger partial charge in [0.2, 0.25) is 0 Å². The number of likely N-dealkylation sites (N-methyl/N-ethyl adjacent to an activating group) is 1. The van der Waals surface area contributed by atoms with Crippen molar-refractivity contribution in [2.75, 3.05) is 13.6 Å². The quantitative estimate of drug-likeness (QED) is 0.484. The number of allylic oxidation sites excluding steroid dienone is 2. The molecule has 0 aromatic heterocycles. The number of hydrogen-bond donors (Lipinski definition) is 2. The van der Waals surface area contributed by atoms with Gasteiger partial charge in [-0.25, -0.2) is 0 Å². The van der Waals surface area contributed by atoms with E-state index < -0.39 is 0 Å². The molecule has 0 saturated carbocycles. The number of nitrogens with two attached hydrogens (primary N) is 1. The van der Waals surface area contributed by atoms with Crippen molar-refractivity contribution in [1.29, 1.82) is 0 Å². The molecule has 72 valence electrons. The highest BCUT2D eigenvalue weighted by atomic mass is 16.1.